The lowest BCUT2D eigenvalue weighted by atomic mass is 10.0. The van der Waals surface area contributed by atoms with Crippen molar-refractivity contribution in [2.75, 3.05) is 25.0 Å². The van der Waals surface area contributed by atoms with Gasteiger partial charge in [-0.15, -0.1) is 0 Å². The van der Waals surface area contributed by atoms with Gasteiger partial charge >= 0.3 is 12.1 Å². The maximum atomic E-state index is 13.1. The molecule has 0 bridgehead atoms. The standard InChI is InChI=1S/C20H22ClF3N4O3/c1-2-31-16-9-12(3-4-15(16)21)11-28-7-5-13(6-8-28)26-19-25-10-14(18(29)30)17(27-19)20(22,23)24/h3-4,9-10,13H,2,5-8,11H2,1H3,(H,29,30)(H,25,26,27). The minimum absolute atomic E-state index is 0.114. The van der Waals surface area contributed by atoms with Crippen molar-refractivity contribution in [3.05, 3.63) is 46.2 Å². The Morgan fingerprint density at radius 2 is 2.06 bits per heavy atom. The topological polar surface area (TPSA) is 87.6 Å². The van der Waals surface area contributed by atoms with Gasteiger partial charge in [-0.3, -0.25) is 4.90 Å². The molecular weight excluding hydrogens is 437 g/mol. The second-order valence-electron chi connectivity index (χ2n) is 7.15. The van der Waals surface area contributed by atoms with Crippen LogP contribution in [0.1, 0.15) is 41.4 Å². The van der Waals surface area contributed by atoms with Gasteiger partial charge in [-0.2, -0.15) is 13.2 Å². The minimum Gasteiger partial charge on any atom is -0.492 e. The molecule has 0 saturated carbocycles. The van der Waals surface area contributed by atoms with E-state index in [9.17, 15) is 18.0 Å². The van der Waals surface area contributed by atoms with Crippen LogP contribution >= 0.6 is 11.6 Å². The van der Waals surface area contributed by atoms with Crippen molar-refractivity contribution in [2.24, 2.45) is 0 Å². The first-order valence-corrected chi connectivity index (χ1v) is 10.1. The highest BCUT2D eigenvalue weighted by Crippen LogP contribution is 2.31. The van der Waals surface area contributed by atoms with E-state index in [2.05, 4.69) is 20.2 Å². The Bertz CT molecular complexity index is 934. The number of ether oxygens (including phenoxy) is 1. The Balaban J connectivity index is 1.59. The van der Waals surface area contributed by atoms with E-state index in [0.29, 0.717) is 43.0 Å². The van der Waals surface area contributed by atoms with Gasteiger partial charge in [0.25, 0.3) is 0 Å². The number of halogens is 4. The minimum atomic E-state index is -4.88. The Labute approximate surface area is 182 Å². The van der Waals surface area contributed by atoms with E-state index >= 15 is 0 Å². The first-order chi connectivity index (χ1) is 14.7. The number of rotatable bonds is 7. The number of hydrogen-bond acceptors (Lipinski definition) is 6. The molecule has 0 unspecified atom stereocenters. The molecule has 2 N–H and O–H groups in total. The van der Waals surface area contributed by atoms with Crippen molar-refractivity contribution in [1.82, 2.24) is 14.9 Å². The average molecular weight is 459 g/mol. The fourth-order valence-corrected chi connectivity index (χ4v) is 3.58. The SMILES string of the molecule is CCOc1cc(CN2CCC(Nc3ncc(C(=O)O)c(C(F)(F)F)n3)CC2)ccc1Cl. The summed E-state index contributed by atoms with van der Waals surface area (Å²) in [6, 6.07) is 5.53. The summed E-state index contributed by atoms with van der Waals surface area (Å²) >= 11 is 6.12. The lowest BCUT2D eigenvalue weighted by molar-refractivity contribution is -0.141. The van der Waals surface area contributed by atoms with E-state index in [-0.39, 0.29) is 12.0 Å². The Morgan fingerprint density at radius 1 is 1.35 bits per heavy atom. The third kappa shape index (κ3) is 5.98. The number of aromatic nitrogens is 2. The summed E-state index contributed by atoms with van der Waals surface area (Å²) in [4.78, 5) is 20.4. The summed E-state index contributed by atoms with van der Waals surface area (Å²) in [5.41, 5.74) is -1.37. The van der Waals surface area contributed by atoms with Gasteiger partial charge < -0.3 is 15.2 Å². The smallest absolute Gasteiger partial charge is 0.434 e. The lowest BCUT2D eigenvalue weighted by Gasteiger charge is -2.32. The number of carboxylic acids is 1. The zero-order valence-corrected chi connectivity index (χ0v) is 17.5. The van der Waals surface area contributed by atoms with Crippen LogP contribution in [0, 0.1) is 0 Å². The maximum Gasteiger partial charge on any atom is 0.434 e. The summed E-state index contributed by atoms with van der Waals surface area (Å²) in [6.45, 7) is 4.56. The highest BCUT2D eigenvalue weighted by Gasteiger charge is 2.38. The molecule has 0 radical (unpaired) electrons. The second-order valence-corrected chi connectivity index (χ2v) is 7.56. The van der Waals surface area contributed by atoms with Crippen LogP contribution in [-0.4, -0.2) is 51.7 Å². The number of nitrogens with one attached hydrogen (secondary N) is 1. The Morgan fingerprint density at radius 3 is 2.68 bits per heavy atom. The van der Waals surface area contributed by atoms with Crippen LogP contribution in [0.2, 0.25) is 5.02 Å². The van der Waals surface area contributed by atoms with E-state index in [4.69, 9.17) is 21.4 Å². The molecule has 1 aromatic carbocycles. The van der Waals surface area contributed by atoms with Crippen molar-refractivity contribution in [3.63, 3.8) is 0 Å². The molecular formula is C20H22ClF3N4O3. The predicted molar refractivity (Wildman–Crippen MR) is 109 cm³/mol. The summed E-state index contributed by atoms with van der Waals surface area (Å²) in [5.74, 6) is -1.31. The fraction of sp³-hybridized carbons (Fsp3) is 0.450. The number of hydrogen-bond donors (Lipinski definition) is 2. The molecule has 0 atom stereocenters. The van der Waals surface area contributed by atoms with Gasteiger partial charge in [0.2, 0.25) is 5.95 Å². The van der Waals surface area contributed by atoms with Gasteiger partial charge in [-0.05, 0) is 37.5 Å². The molecule has 1 fully saturated rings. The number of piperidine rings is 1. The first kappa shape index (κ1) is 23.1. The number of carbonyl (C=O) groups is 1. The molecule has 0 amide bonds. The van der Waals surface area contributed by atoms with Crippen LogP contribution in [0.5, 0.6) is 5.75 Å². The molecule has 1 aliphatic heterocycles. The van der Waals surface area contributed by atoms with Crippen LogP contribution in [0.25, 0.3) is 0 Å². The number of likely N-dealkylation sites (tertiary alicyclic amines) is 1. The molecule has 2 aromatic rings. The fourth-order valence-electron chi connectivity index (χ4n) is 3.41. The third-order valence-electron chi connectivity index (χ3n) is 4.91. The molecule has 1 saturated heterocycles. The lowest BCUT2D eigenvalue weighted by Crippen LogP contribution is -2.39. The van der Waals surface area contributed by atoms with E-state index in [0.717, 1.165) is 18.7 Å². The normalized spacial score (nSPS) is 15.6. The summed E-state index contributed by atoms with van der Waals surface area (Å²) in [5, 5.41) is 12.4. The number of aromatic carboxylic acids is 1. The maximum absolute atomic E-state index is 13.1. The highest BCUT2D eigenvalue weighted by atomic mass is 35.5. The highest BCUT2D eigenvalue weighted by molar-refractivity contribution is 6.32. The third-order valence-corrected chi connectivity index (χ3v) is 5.22. The van der Waals surface area contributed by atoms with Crippen LogP contribution in [0.15, 0.2) is 24.4 Å². The summed E-state index contributed by atoms with van der Waals surface area (Å²) in [7, 11) is 0. The largest absolute Gasteiger partial charge is 0.492 e. The van der Waals surface area contributed by atoms with Gasteiger partial charge in [0.15, 0.2) is 5.69 Å². The van der Waals surface area contributed by atoms with Crippen molar-refractivity contribution < 1.29 is 27.8 Å². The van der Waals surface area contributed by atoms with Gasteiger partial charge in [-0.25, -0.2) is 14.8 Å². The molecule has 168 valence electrons. The second kappa shape index (κ2) is 9.69. The van der Waals surface area contributed by atoms with Gasteiger partial charge in [0.05, 0.1) is 11.6 Å². The molecule has 3 rings (SSSR count). The summed E-state index contributed by atoms with van der Waals surface area (Å²) in [6.07, 6.45) is -2.84. The van der Waals surface area contributed by atoms with Crippen molar-refractivity contribution in [2.45, 2.75) is 38.5 Å². The molecule has 0 aliphatic carbocycles. The van der Waals surface area contributed by atoms with Gasteiger partial charge in [0, 0.05) is 31.9 Å². The number of anilines is 1. The summed E-state index contributed by atoms with van der Waals surface area (Å²) < 4.78 is 44.9. The molecule has 2 heterocycles. The zero-order chi connectivity index (χ0) is 22.6. The zero-order valence-electron chi connectivity index (χ0n) is 16.7. The van der Waals surface area contributed by atoms with Crippen LogP contribution in [-0.2, 0) is 12.7 Å². The molecule has 11 heteroatoms. The van der Waals surface area contributed by atoms with Crippen LogP contribution < -0.4 is 10.1 Å². The van der Waals surface area contributed by atoms with E-state index in [1.165, 1.54) is 0 Å². The number of benzene rings is 1. The van der Waals surface area contributed by atoms with Crippen LogP contribution in [0.3, 0.4) is 0 Å². The number of nitrogens with zero attached hydrogens (tertiary/aromatic N) is 3. The van der Waals surface area contributed by atoms with Gasteiger partial charge in [-0.1, -0.05) is 17.7 Å². The Hall–Kier alpha value is -2.59. The monoisotopic (exact) mass is 458 g/mol. The van der Waals surface area contributed by atoms with E-state index in [1.54, 1.807) is 6.07 Å². The van der Waals surface area contributed by atoms with Crippen molar-refractivity contribution in [3.8, 4) is 5.75 Å². The van der Waals surface area contributed by atoms with Gasteiger partial charge in [0.1, 0.15) is 11.3 Å². The average Bonchev–Trinajstić information content (AvgIpc) is 2.71. The van der Waals surface area contributed by atoms with Crippen molar-refractivity contribution >= 4 is 23.5 Å². The van der Waals surface area contributed by atoms with Crippen LogP contribution in [0.4, 0.5) is 19.1 Å². The first-order valence-electron chi connectivity index (χ1n) is 9.75. The molecule has 0 spiro atoms. The number of carboxylic acid groups (broad SMARTS) is 1. The number of alkyl halides is 3. The quantitative estimate of drug-likeness (QED) is 0.638. The Kier molecular flexibility index (Phi) is 7.22. The molecule has 31 heavy (non-hydrogen) atoms. The molecule has 7 nitrogen and oxygen atoms in total. The molecule has 1 aliphatic rings. The van der Waals surface area contributed by atoms with E-state index in [1.807, 2.05) is 19.1 Å². The predicted octanol–water partition coefficient (Wildman–Crippen LogP) is 4.32. The molecule has 1 aromatic heterocycles. The van der Waals surface area contributed by atoms with Crippen molar-refractivity contribution in [1.29, 1.82) is 0 Å². The van der Waals surface area contributed by atoms with E-state index < -0.39 is 23.4 Å².